The molecule has 0 bridgehead atoms. The minimum Gasteiger partial charge on any atom is -0.266 e. The molecule has 1 aromatic heterocycles. The Morgan fingerprint density at radius 1 is 1.57 bits per heavy atom. The molecule has 0 N–H and O–H groups in total. The average molecular weight is 191 g/mol. The van der Waals surface area contributed by atoms with Crippen LogP contribution in [0.2, 0.25) is 0 Å². The number of benzene rings is 1. The molecule has 0 atom stereocenters. The highest BCUT2D eigenvalue weighted by atomic mass is 19.1. The van der Waals surface area contributed by atoms with Crippen molar-refractivity contribution in [3.05, 3.63) is 24.0 Å². The molecule has 0 spiro atoms. The molecule has 14 heavy (non-hydrogen) atoms. The van der Waals surface area contributed by atoms with Crippen LogP contribution in [0.25, 0.3) is 10.9 Å². The number of aryl methyl sites for hydroxylation is 1. The zero-order valence-corrected chi connectivity index (χ0v) is 7.36. The van der Waals surface area contributed by atoms with E-state index in [1.54, 1.807) is 19.2 Å². The molecule has 0 aliphatic carbocycles. The van der Waals surface area contributed by atoms with Gasteiger partial charge in [-0.2, -0.15) is 5.10 Å². The lowest BCUT2D eigenvalue weighted by Crippen LogP contribution is -1.88. The maximum absolute atomic E-state index is 13.3. The lowest BCUT2D eigenvalue weighted by atomic mass is 10.2. The molecule has 0 aliphatic heterocycles. The van der Waals surface area contributed by atoms with Crippen LogP contribution in [0.4, 0.5) is 10.2 Å². The Morgan fingerprint density at radius 3 is 3.07 bits per heavy atom. The van der Waals surface area contributed by atoms with Crippen LogP contribution >= 0.6 is 0 Å². The Morgan fingerprint density at radius 2 is 2.36 bits per heavy atom. The number of carbonyl (C=O) groups excluding carboxylic acids is 1. The number of aliphatic imine (C=N–C) groups is 1. The van der Waals surface area contributed by atoms with Gasteiger partial charge in [0.25, 0.3) is 0 Å². The van der Waals surface area contributed by atoms with Gasteiger partial charge in [-0.15, -0.1) is 4.99 Å². The summed E-state index contributed by atoms with van der Waals surface area (Å²) in [5.41, 5.74) is 0.596. The van der Waals surface area contributed by atoms with E-state index in [4.69, 9.17) is 0 Å². The molecule has 70 valence electrons. The van der Waals surface area contributed by atoms with Gasteiger partial charge in [-0.25, -0.2) is 9.18 Å². The number of aromatic nitrogens is 2. The Bertz CT molecular complexity index is 540. The fourth-order valence-corrected chi connectivity index (χ4v) is 1.37. The van der Waals surface area contributed by atoms with E-state index in [1.807, 2.05) is 0 Å². The summed E-state index contributed by atoms with van der Waals surface area (Å²) in [6.07, 6.45) is 1.35. The van der Waals surface area contributed by atoms with Gasteiger partial charge in [-0.3, -0.25) is 4.68 Å². The first-order valence-electron chi connectivity index (χ1n) is 3.93. The molecular weight excluding hydrogens is 185 g/mol. The van der Waals surface area contributed by atoms with Gasteiger partial charge in [-0.1, -0.05) is 6.07 Å². The van der Waals surface area contributed by atoms with Gasteiger partial charge in [-0.05, 0) is 12.1 Å². The zero-order chi connectivity index (χ0) is 10.1. The van der Waals surface area contributed by atoms with Crippen molar-refractivity contribution < 1.29 is 9.18 Å². The van der Waals surface area contributed by atoms with E-state index in [9.17, 15) is 9.18 Å². The van der Waals surface area contributed by atoms with Crippen LogP contribution in [0, 0.1) is 5.82 Å². The highest BCUT2D eigenvalue weighted by Gasteiger charge is 2.11. The molecule has 0 fully saturated rings. The standard InChI is InChI=1S/C9H6FN3O/c1-13-7-4-2-3-6(10)8(7)9(12-13)11-5-14/h2-4H,1H3. The van der Waals surface area contributed by atoms with Crippen LogP contribution in [0.1, 0.15) is 0 Å². The summed E-state index contributed by atoms with van der Waals surface area (Å²) in [6.45, 7) is 0. The average Bonchev–Trinajstić information content (AvgIpc) is 2.46. The van der Waals surface area contributed by atoms with Gasteiger partial charge in [0, 0.05) is 7.05 Å². The second-order valence-corrected chi connectivity index (χ2v) is 2.78. The summed E-state index contributed by atoms with van der Waals surface area (Å²) in [5.74, 6) is -0.375. The van der Waals surface area contributed by atoms with Crippen LogP contribution in [0.3, 0.4) is 0 Å². The molecule has 5 heteroatoms. The van der Waals surface area contributed by atoms with Crippen LogP contribution < -0.4 is 0 Å². The molecule has 1 aromatic carbocycles. The van der Waals surface area contributed by atoms with E-state index in [0.717, 1.165) is 0 Å². The number of nitrogens with zero attached hydrogens (tertiary/aromatic N) is 3. The quantitative estimate of drug-likeness (QED) is 0.508. The van der Waals surface area contributed by atoms with Gasteiger partial charge >= 0.3 is 0 Å². The molecule has 0 saturated heterocycles. The minimum atomic E-state index is -0.440. The first kappa shape index (κ1) is 8.59. The third-order valence-corrected chi connectivity index (χ3v) is 1.96. The van der Waals surface area contributed by atoms with Crippen molar-refractivity contribution in [2.24, 2.45) is 12.0 Å². The van der Waals surface area contributed by atoms with Crippen molar-refractivity contribution in [1.29, 1.82) is 0 Å². The maximum Gasteiger partial charge on any atom is 0.242 e. The van der Waals surface area contributed by atoms with Gasteiger partial charge in [0.1, 0.15) is 5.82 Å². The number of fused-ring (bicyclic) bond motifs is 1. The van der Waals surface area contributed by atoms with Crippen molar-refractivity contribution >= 4 is 22.8 Å². The van der Waals surface area contributed by atoms with Crippen molar-refractivity contribution in [1.82, 2.24) is 9.78 Å². The molecule has 0 unspecified atom stereocenters. The highest BCUT2D eigenvalue weighted by molar-refractivity contribution is 5.90. The van der Waals surface area contributed by atoms with Crippen molar-refractivity contribution in [2.45, 2.75) is 0 Å². The summed E-state index contributed by atoms with van der Waals surface area (Å²) >= 11 is 0. The number of rotatable bonds is 1. The SMILES string of the molecule is Cn1nc(N=C=O)c2c(F)cccc21. The van der Waals surface area contributed by atoms with Gasteiger partial charge in [0.05, 0.1) is 10.9 Å². The second kappa shape index (κ2) is 3.05. The first-order chi connectivity index (χ1) is 6.74. The van der Waals surface area contributed by atoms with Crippen LogP contribution in [-0.2, 0) is 11.8 Å². The second-order valence-electron chi connectivity index (χ2n) is 2.78. The lowest BCUT2D eigenvalue weighted by molar-refractivity contribution is 0.565. The van der Waals surface area contributed by atoms with Crippen molar-refractivity contribution in [3.63, 3.8) is 0 Å². The Labute approximate surface area is 78.7 Å². The fourth-order valence-electron chi connectivity index (χ4n) is 1.37. The van der Waals surface area contributed by atoms with Gasteiger partial charge < -0.3 is 0 Å². The molecule has 1 heterocycles. The summed E-state index contributed by atoms with van der Waals surface area (Å²) < 4.78 is 14.8. The highest BCUT2D eigenvalue weighted by Crippen LogP contribution is 2.26. The fraction of sp³-hybridized carbons (Fsp3) is 0.111. The number of hydrogen-bond donors (Lipinski definition) is 0. The molecule has 0 saturated carbocycles. The summed E-state index contributed by atoms with van der Waals surface area (Å²) in [6, 6.07) is 4.58. The number of halogens is 1. The van der Waals surface area contributed by atoms with E-state index < -0.39 is 5.82 Å². The number of hydrogen-bond acceptors (Lipinski definition) is 3. The third-order valence-electron chi connectivity index (χ3n) is 1.96. The molecule has 2 aromatic rings. The predicted octanol–water partition coefficient (Wildman–Crippen LogP) is 1.68. The minimum absolute atomic E-state index is 0.0654. The smallest absolute Gasteiger partial charge is 0.242 e. The predicted molar refractivity (Wildman–Crippen MR) is 48.5 cm³/mol. The van der Waals surface area contributed by atoms with Gasteiger partial charge in [0.15, 0.2) is 5.82 Å². The largest absolute Gasteiger partial charge is 0.266 e. The Balaban J connectivity index is 2.92. The van der Waals surface area contributed by atoms with Crippen LogP contribution in [-0.4, -0.2) is 15.9 Å². The molecule has 0 radical (unpaired) electrons. The first-order valence-corrected chi connectivity index (χ1v) is 3.93. The Kier molecular flexibility index (Phi) is 1.87. The van der Waals surface area contributed by atoms with Crippen LogP contribution in [0.5, 0.6) is 0 Å². The van der Waals surface area contributed by atoms with E-state index >= 15 is 0 Å². The normalized spacial score (nSPS) is 10.1. The lowest BCUT2D eigenvalue weighted by Gasteiger charge is -1.92. The number of isocyanates is 1. The van der Waals surface area contributed by atoms with Crippen molar-refractivity contribution in [3.8, 4) is 0 Å². The van der Waals surface area contributed by atoms with E-state index in [1.165, 1.54) is 16.8 Å². The topological polar surface area (TPSA) is 47.2 Å². The molecule has 0 aliphatic rings. The third kappa shape index (κ3) is 1.11. The van der Waals surface area contributed by atoms with Crippen molar-refractivity contribution in [2.75, 3.05) is 0 Å². The molecule has 0 amide bonds. The summed E-state index contributed by atoms with van der Waals surface area (Å²) in [4.78, 5) is 13.4. The Hall–Kier alpha value is -2.00. The van der Waals surface area contributed by atoms with Crippen LogP contribution in [0.15, 0.2) is 23.2 Å². The molecule has 4 nitrogen and oxygen atoms in total. The van der Waals surface area contributed by atoms with Gasteiger partial charge in [0.2, 0.25) is 6.08 Å². The van der Waals surface area contributed by atoms with E-state index in [2.05, 4.69) is 10.1 Å². The van der Waals surface area contributed by atoms with E-state index in [-0.39, 0.29) is 11.2 Å². The summed E-state index contributed by atoms with van der Waals surface area (Å²) in [5, 5.41) is 4.14. The monoisotopic (exact) mass is 191 g/mol. The molecule has 2 rings (SSSR count). The zero-order valence-electron chi connectivity index (χ0n) is 7.36. The molecular formula is C9H6FN3O. The summed E-state index contributed by atoms with van der Waals surface area (Å²) in [7, 11) is 1.66. The maximum atomic E-state index is 13.3. The van der Waals surface area contributed by atoms with E-state index in [0.29, 0.717) is 5.52 Å².